The lowest BCUT2D eigenvalue weighted by molar-refractivity contribution is -0.142. The number of thioether (sulfide) groups is 1. The zero-order chi connectivity index (χ0) is 17.6. The third-order valence-corrected chi connectivity index (χ3v) is 4.43. The molecule has 2 aromatic rings. The molecular weight excluding hydrogens is 338 g/mol. The summed E-state index contributed by atoms with van der Waals surface area (Å²) < 4.78 is 6.08. The topological polar surface area (TPSA) is 38.3 Å². The molecule has 2 rings (SSSR count). The summed E-state index contributed by atoms with van der Waals surface area (Å²) in [6.07, 6.45) is 0. The van der Waals surface area contributed by atoms with E-state index < -0.39 is 5.41 Å². The molecular formula is C19H21NO2S2. The lowest BCUT2D eigenvalue weighted by Gasteiger charge is -2.16. The van der Waals surface area contributed by atoms with Crippen LogP contribution in [0.1, 0.15) is 26.3 Å². The van der Waals surface area contributed by atoms with Crippen LogP contribution in [0.5, 0.6) is 5.75 Å². The molecule has 3 nitrogen and oxygen atoms in total. The molecule has 0 unspecified atom stereocenters. The summed E-state index contributed by atoms with van der Waals surface area (Å²) in [5.74, 6) is 1.08. The standard InChI is InChI=1S/C19H21NO2S2/c1-19(2,3)17(21)22-16-11-9-14(10-12-16)13-24-18(23)20-15-7-5-4-6-8-15/h4-12H,13H2,1-3H3,(H,20,23). The first-order valence-electron chi connectivity index (χ1n) is 7.64. The van der Waals surface area contributed by atoms with Crippen LogP contribution in [-0.4, -0.2) is 10.3 Å². The molecule has 0 heterocycles. The van der Waals surface area contributed by atoms with Crippen molar-refractivity contribution in [3.63, 3.8) is 0 Å². The van der Waals surface area contributed by atoms with E-state index in [1.54, 1.807) is 11.8 Å². The Hall–Kier alpha value is -1.85. The number of anilines is 1. The van der Waals surface area contributed by atoms with Gasteiger partial charge in [-0.15, -0.1) is 0 Å². The quantitative estimate of drug-likeness (QED) is 0.457. The van der Waals surface area contributed by atoms with Crippen LogP contribution in [0, 0.1) is 5.41 Å². The molecule has 0 bridgehead atoms. The highest BCUT2D eigenvalue weighted by molar-refractivity contribution is 8.22. The Morgan fingerprint density at radius 2 is 1.71 bits per heavy atom. The Morgan fingerprint density at radius 3 is 2.29 bits per heavy atom. The van der Waals surface area contributed by atoms with Crippen molar-refractivity contribution in [1.82, 2.24) is 0 Å². The van der Waals surface area contributed by atoms with Gasteiger partial charge in [-0.05, 0) is 50.6 Å². The second-order valence-electron chi connectivity index (χ2n) is 6.35. The van der Waals surface area contributed by atoms with Gasteiger partial charge >= 0.3 is 5.97 Å². The first-order chi connectivity index (χ1) is 11.3. The van der Waals surface area contributed by atoms with E-state index in [0.29, 0.717) is 5.75 Å². The summed E-state index contributed by atoms with van der Waals surface area (Å²) in [6.45, 7) is 5.50. The highest BCUT2D eigenvalue weighted by Gasteiger charge is 2.23. The van der Waals surface area contributed by atoms with Gasteiger partial charge in [0.05, 0.1) is 5.41 Å². The van der Waals surface area contributed by atoms with Gasteiger partial charge in [0, 0.05) is 11.4 Å². The van der Waals surface area contributed by atoms with E-state index in [1.807, 2.05) is 75.4 Å². The smallest absolute Gasteiger partial charge is 0.316 e. The number of rotatable bonds is 4. The average Bonchev–Trinajstić information content (AvgIpc) is 2.54. The number of thiocarbonyl (C=S) groups is 1. The van der Waals surface area contributed by atoms with Crippen LogP contribution in [0.4, 0.5) is 5.69 Å². The molecule has 0 radical (unpaired) electrons. The lowest BCUT2D eigenvalue weighted by atomic mass is 9.97. The highest BCUT2D eigenvalue weighted by atomic mass is 32.2. The van der Waals surface area contributed by atoms with Gasteiger partial charge in [0.25, 0.3) is 0 Å². The van der Waals surface area contributed by atoms with Gasteiger partial charge in [-0.2, -0.15) is 0 Å². The van der Waals surface area contributed by atoms with E-state index in [4.69, 9.17) is 17.0 Å². The normalized spacial score (nSPS) is 11.0. The second kappa shape index (κ2) is 8.31. The largest absolute Gasteiger partial charge is 0.426 e. The average molecular weight is 360 g/mol. The number of nitrogens with one attached hydrogen (secondary N) is 1. The van der Waals surface area contributed by atoms with Crippen molar-refractivity contribution in [2.24, 2.45) is 5.41 Å². The number of para-hydroxylation sites is 1. The molecule has 0 fully saturated rings. The summed E-state index contributed by atoms with van der Waals surface area (Å²) in [6, 6.07) is 17.4. The SMILES string of the molecule is CC(C)(C)C(=O)Oc1ccc(CSC(=S)Nc2ccccc2)cc1. The van der Waals surface area contributed by atoms with Gasteiger partial charge in [0.2, 0.25) is 0 Å². The van der Waals surface area contributed by atoms with E-state index in [9.17, 15) is 4.79 Å². The van der Waals surface area contributed by atoms with Crippen LogP contribution in [0.2, 0.25) is 0 Å². The van der Waals surface area contributed by atoms with Gasteiger partial charge in [0.1, 0.15) is 10.1 Å². The molecule has 0 saturated heterocycles. The van der Waals surface area contributed by atoms with Crippen molar-refractivity contribution < 1.29 is 9.53 Å². The van der Waals surface area contributed by atoms with Crippen molar-refractivity contribution in [3.8, 4) is 5.75 Å². The van der Waals surface area contributed by atoms with E-state index in [-0.39, 0.29) is 5.97 Å². The number of hydrogen-bond acceptors (Lipinski definition) is 4. The number of benzene rings is 2. The summed E-state index contributed by atoms with van der Waals surface area (Å²) >= 11 is 6.90. The maximum Gasteiger partial charge on any atom is 0.316 e. The van der Waals surface area contributed by atoms with Crippen LogP contribution in [0.15, 0.2) is 54.6 Å². The summed E-state index contributed by atoms with van der Waals surface area (Å²) in [7, 11) is 0. The molecule has 0 spiro atoms. The molecule has 0 aliphatic carbocycles. The number of carbonyl (C=O) groups excluding carboxylic acids is 1. The summed E-state index contributed by atoms with van der Waals surface area (Å²) in [5, 5.41) is 3.19. The van der Waals surface area contributed by atoms with Crippen molar-refractivity contribution >= 4 is 40.0 Å². The Morgan fingerprint density at radius 1 is 1.08 bits per heavy atom. The molecule has 0 atom stereocenters. The fourth-order valence-corrected chi connectivity index (χ4v) is 2.71. The van der Waals surface area contributed by atoms with Gasteiger partial charge in [-0.1, -0.05) is 54.3 Å². The van der Waals surface area contributed by atoms with Crippen molar-refractivity contribution in [2.75, 3.05) is 5.32 Å². The molecule has 0 amide bonds. The van der Waals surface area contributed by atoms with Crippen LogP contribution >= 0.6 is 24.0 Å². The molecule has 24 heavy (non-hydrogen) atoms. The first-order valence-corrected chi connectivity index (χ1v) is 9.04. The minimum Gasteiger partial charge on any atom is -0.426 e. The zero-order valence-electron chi connectivity index (χ0n) is 14.0. The van der Waals surface area contributed by atoms with Gasteiger partial charge in [-0.3, -0.25) is 4.79 Å². The van der Waals surface area contributed by atoms with Crippen LogP contribution in [0.3, 0.4) is 0 Å². The highest BCUT2D eigenvalue weighted by Crippen LogP contribution is 2.22. The Balaban J connectivity index is 1.83. The molecule has 1 N–H and O–H groups in total. The predicted molar refractivity (Wildman–Crippen MR) is 105 cm³/mol. The maximum atomic E-state index is 11.9. The minimum absolute atomic E-state index is 0.238. The van der Waals surface area contributed by atoms with Gasteiger partial charge in [0.15, 0.2) is 0 Å². The minimum atomic E-state index is -0.510. The summed E-state index contributed by atoms with van der Waals surface area (Å²) in [4.78, 5) is 11.9. The molecule has 0 aliphatic heterocycles. The number of ether oxygens (including phenoxy) is 1. The Kier molecular flexibility index (Phi) is 6.40. The second-order valence-corrected chi connectivity index (χ2v) is 8.00. The zero-order valence-corrected chi connectivity index (χ0v) is 15.7. The molecule has 5 heteroatoms. The summed E-state index contributed by atoms with van der Waals surface area (Å²) in [5.41, 5.74) is 1.59. The van der Waals surface area contributed by atoms with E-state index in [0.717, 1.165) is 21.3 Å². The molecule has 0 aromatic heterocycles. The predicted octanol–water partition coefficient (Wildman–Crippen LogP) is 5.27. The number of hydrogen-bond donors (Lipinski definition) is 1. The molecule has 0 aliphatic rings. The molecule has 0 saturated carbocycles. The Bertz CT molecular complexity index is 692. The van der Waals surface area contributed by atoms with Gasteiger partial charge in [-0.25, -0.2) is 0 Å². The third-order valence-electron chi connectivity index (χ3n) is 3.14. The van der Waals surface area contributed by atoms with Crippen LogP contribution < -0.4 is 10.1 Å². The first kappa shape index (κ1) is 18.5. The van der Waals surface area contributed by atoms with Crippen molar-refractivity contribution in [3.05, 3.63) is 60.2 Å². The Labute approximate surface area is 152 Å². The van der Waals surface area contributed by atoms with Crippen LogP contribution in [-0.2, 0) is 10.5 Å². The third kappa shape index (κ3) is 5.98. The maximum absolute atomic E-state index is 11.9. The van der Waals surface area contributed by atoms with E-state index in [2.05, 4.69) is 5.32 Å². The fraction of sp³-hybridized carbons (Fsp3) is 0.263. The van der Waals surface area contributed by atoms with E-state index in [1.165, 1.54) is 0 Å². The number of esters is 1. The fourth-order valence-electron chi connectivity index (χ4n) is 1.74. The van der Waals surface area contributed by atoms with E-state index >= 15 is 0 Å². The number of carbonyl (C=O) groups is 1. The van der Waals surface area contributed by atoms with Crippen LogP contribution in [0.25, 0.3) is 0 Å². The molecule has 2 aromatic carbocycles. The van der Waals surface area contributed by atoms with Crippen molar-refractivity contribution in [1.29, 1.82) is 0 Å². The van der Waals surface area contributed by atoms with Crippen molar-refractivity contribution in [2.45, 2.75) is 26.5 Å². The van der Waals surface area contributed by atoms with Gasteiger partial charge < -0.3 is 10.1 Å². The lowest BCUT2D eigenvalue weighted by Crippen LogP contribution is -2.25. The monoisotopic (exact) mass is 359 g/mol. The molecule has 126 valence electrons.